The van der Waals surface area contributed by atoms with Crippen LogP contribution in [-0.2, 0) is 10.0 Å². The van der Waals surface area contributed by atoms with Gasteiger partial charge < -0.3 is 10.3 Å². The molecule has 0 spiro atoms. The molecule has 0 amide bonds. The van der Waals surface area contributed by atoms with Gasteiger partial charge in [0, 0.05) is 19.2 Å². The van der Waals surface area contributed by atoms with Crippen molar-refractivity contribution in [2.75, 3.05) is 24.2 Å². The van der Waals surface area contributed by atoms with E-state index in [9.17, 15) is 13.2 Å². The molecule has 0 aliphatic heterocycles. The van der Waals surface area contributed by atoms with Gasteiger partial charge in [0.15, 0.2) is 0 Å². The molecule has 7 nitrogen and oxygen atoms in total. The Morgan fingerprint density at radius 1 is 1.50 bits per heavy atom. The van der Waals surface area contributed by atoms with Crippen LogP contribution in [0.15, 0.2) is 17.2 Å². The second kappa shape index (κ2) is 5.61. The fourth-order valence-corrected chi connectivity index (χ4v) is 2.03. The molecule has 0 aliphatic carbocycles. The maximum absolute atomic E-state index is 11.2. The van der Waals surface area contributed by atoms with Crippen LogP contribution in [0.3, 0.4) is 0 Å². The summed E-state index contributed by atoms with van der Waals surface area (Å²) in [6.45, 7) is 2.28. The second-order valence-corrected chi connectivity index (χ2v) is 4.97. The summed E-state index contributed by atoms with van der Waals surface area (Å²) in [5.74, 6) is 0.297. The Kier molecular flexibility index (Phi) is 4.44. The van der Waals surface area contributed by atoms with Crippen molar-refractivity contribution in [3.8, 4) is 0 Å². The first-order chi connectivity index (χ1) is 7.53. The molecule has 90 valence electrons. The topological polar surface area (TPSA) is 104 Å². The predicted octanol–water partition coefficient (Wildman–Crippen LogP) is -0.879. The highest BCUT2D eigenvalue weighted by Crippen LogP contribution is 1.94. The molecule has 3 N–H and O–H groups in total. The van der Waals surface area contributed by atoms with Gasteiger partial charge in [-0.3, -0.25) is 4.79 Å². The molecule has 1 aromatic rings. The van der Waals surface area contributed by atoms with Crippen molar-refractivity contribution in [2.45, 2.75) is 6.92 Å². The summed E-state index contributed by atoms with van der Waals surface area (Å²) in [6.07, 6.45) is 1.25. The van der Waals surface area contributed by atoms with E-state index in [4.69, 9.17) is 0 Å². The third-order valence-electron chi connectivity index (χ3n) is 1.72. The first kappa shape index (κ1) is 12.7. The Hall–Kier alpha value is -1.41. The number of aromatic nitrogens is 2. The van der Waals surface area contributed by atoms with Crippen LogP contribution in [0.2, 0.25) is 0 Å². The number of hydrogen-bond donors (Lipinski definition) is 3. The Morgan fingerprint density at radius 3 is 2.88 bits per heavy atom. The third kappa shape index (κ3) is 4.41. The van der Waals surface area contributed by atoms with Gasteiger partial charge in [0.2, 0.25) is 10.0 Å². The quantitative estimate of drug-likeness (QED) is 0.604. The molecule has 1 aromatic heterocycles. The smallest absolute Gasteiger partial charge is 0.252 e. The second-order valence-electron chi connectivity index (χ2n) is 3.04. The Balaban J connectivity index is 2.45. The van der Waals surface area contributed by atoms with Crippen molar-refractivity contribution in [3.63, 3.8) is 0 Å². The molecule has 0 bridgehead atoms. The van der Waals surface area contributed by atoms with Crippen molar-refractivity contribution in [2.24, 2.45) is 0 Å². The van der Waals surface area contributed by atoms with Crippen LogP contribution in [0.25, 0.3) is 0 Å². The van der Waals surface area contributed by atoms with E-state index >= 15 is 0 Å². The van der Waals surface area contributed by atoms with E-state index in [0.29, 0.717) is 12.4 Å². The van der Waals surface area contributed by atoms with E-state index in [1.54, 1.807) is 6.92 Å². The largest absolute Gasteiger partial charge is 0.369 e. The molecule has 0 aromatic carbocycles. The fourth-order valence-electron chi connectivity index (χ4n) is 1.07. The molecular weight excluding hydrogens is 232 g/mol. The van der Waals surface area contributed by atoms with Crippen molar-refractivity contribution < 1.29 is 8.42 Å². The predicted molar refractivity (Wildman–Crippen MR) is 60.8 cm³/mol. The van der Waals surface area contributed by atoms with Gasteiger partial charge in [-0.15, -0.1) is 0 Å². The molecule has 1 rings (SSSR count). The van der Waals surface area contributed by atoms with E-state index in [1.807, 2.05) is 0 Å². The SMILES string of the molecule is CCNS(=O)(=O)CCNc1cc(=O)[nH]cn1. The monoisotopic (exact) mass is 246 g/mol. The molecule has 1 heterocycles. The lowest BCUT2D eigenvalue weighted by atomic mass is 10.5. The molecule has 16 heavy (non-hydrogen) atoms. The maximum Gasteiger partial charge on any atom is 0.252 e. The first-order valence-corrected chi connectivity index (χ1v) is 6.44. The average Bonchev–Trinajstić information content (AvgIpc) is 2.17. The van der Waals surface area contributed by atoms with Gasteiger partial charge in [-0.25, -0.2) is 18.1 Å². The van der Waals surface area contributed by atoms with Gasteiger partial charge in [0.1, 0.15) is 5.82 Å². The van der Waals surface area contributed by atoms with Gasteiger partial charge in [-0.2, -0.15) is 0 Å². The van der Waals surface area contributed by atoms with Gasteiger partial charge in [0.05, 0.1) is 12.1 Å². The van der Waals surface area contributed by atoms with Crippen LogP contribution in [0.5, 0.6) is 0 Å². The Labute approximate surface area is 93.4 Å². The molecule has 0 radical (unpaired) electrons. The zero-order valence-electron chi connectivity index (χ0n) is 8.86. The zero-order chi connectivity index (χ0) is 12.0. The van der Waals surface area contributed by atoms with Crippen LogP contribution in [0, 0.1) is 0 Å². The normalized spacial score (nSPS) is 11.3. The van der Waals surface area contributed by atoms with E-state index < -0.39 is 10.0 Å². The number of aromatic amines is 1. The van der Waals surface area contributed by atoms with Crippen LogP contribution >= 0.6 is 0 Å². The highest BCUT2D eigenvalue weighted by Gasteiger charge is 2.07. The minimum Gasteiger partial charge on any atom is -0.369 e. The zero-order valence-corrected chi connectivity index (χ0v) is 9.67. The van der Waals surface area contributed by atoms with Gasteiger partial charge in [0.25, 0.3) is 5.56 Å². The van der Waals surface area contributed by atoms with E-state index in [1.165, 1.54) is 12.4 Å². The number of H-pyrrole nitrogens is 1. The summed E-state index contributed by atoms with van der Waals surface area (Å²) in [6, 6.07) is 1.26. The molecule has 0 saturated heterocycles. The van der Waals surface area contributed by atoms with E-state index in [0.717, 1.165) is 0 Å². The van der Waals surface area contributed by atoms with Crippen molar-refractivity contribution >= 4 is 15.8 Å². The summed E-state index contributed by atoms with van der Waals surface area (Å²) >= 11 is 0. The molecule has 0 unspecified atom stereocenters. The van der Waals surface area contributed by atoms with Crippen molar-refractivity contribution in [3.05, 3.63) is 22.7 Å². The molecule has 8 heteroatoms. The van der Waals surface area contributed by atoms with Gasteiger partial charge in [-0.1, -0.05) is 6.92 Å². The van der Waals surface area contributed by atoms with Crippen molar-refractivity contribution in [1.29, 1.82) is 0 Å². The number of sulfonamides is 1. The van der Waals surface area contributed by atoms with E-state index in [-0.39, 0.29) is 17.9 Å². The molecule has 0 atom stereocenters. The number of anilines is 1. The van der Waals surface area contributed by atoms with Crippen LogP contribution < -0.4 is 15.6 Å². The summed E-state index contributed by atoms with van der Waals surface area (Å²) < 4.78 is 24.9. The van der Waals surface area contributed by atoms with Gasteiger partial charge in [-0.05, 0) is 0 Å². The summed E-state index contributed by atoms with van der Waals surface area (Å²) in [5, 5.41) is 2.75. The molecule has 0 aliphatic rings. The van der Waals surface area contributed by atoms with Gasteiger partial charge >= 0.3 is 0 Å². The fraction of sp³-hybridized carbons (Fsp3) is 0.500. The number of rotatable bonds is 6. The lowest BCUT2D eigenvalue weighted by Crippen LogP contribution is -2.29. The summed E-state index contributed by atoms with van der Waals surface area (Å²) in [4.78, 5) is 17.1. The minimum atomic E-state index is -3.24. The highest BCUT2D eigenvalue weighted by atomic mass is 32.2. The molecule has 0 fully saturated rings. The average molecular weight is 246 g/mol. The summed E-state index contributed by atoms with van der Waals surface area (Å²) in [5.41, 5.74) is -0.285. The Morgan fingerprint density at radius 2 is 2.25 bits per heavy atom. The lowest BCUT2D eigenvalue weighted by molar-refractivity contribution is 0.584. The van der Waals surface area contributed by atoms with Crippen LogP contribution in [0.1, 0.15) is 6.92 Å². The first-order valence-electron chi connectivity index (χ1n) is 4.79. The third-order valence-corrected chi connectivity index (χ3v) is 3.19. The van der Waals surface area contributed by atoms with E-state index in [2.05, 4.69) is 20.0 Å². The standard InChI is InChI=1S/C8H14N4O3S/c1-2-12-16(14,15)4-3-9-7-5-8(13)11-6-10-7/h5-6,12H,2-4H2,1H3,(H2,9,10,11,13). The number of nitrogens with one attached hydrogen (secondary N) is 3. The van der Waals surface area contributed by atoms with Crippen LogP contribution in [-0.4, -0.2) is 37.2 Å². The highest BCUT2D eigenvalue weighted by molar-refractivity contribution is 7.89. The maximum atomic E-state index is 11.2. The van der Waals surface area contributed by atoms with Crippen LogP contribution in [0.4, 0.5) is 5.82 Å². The minimum absolute atomic E-state index is 0.0602. The Bertz CT molecular complexity index is 482. The molecule has 0 saturated carbocycles. The number of nitrogens with zero attached hydrogens (tertiary/aromatic N) is 1. The molecular formula is C8H14N4O3S. The number of hydrogen-bond acceptors (Lipinski definition) is 5. The van der Waals surface area contributed by atoms with Crippen molar-refractivity contribution in [1.82, 2.24) is 14.7 Å². The summed E-state index contributed by atoms with van der Waals surface area (Å²) in [7, 11) is -3.24. The lowest BCUT2D eigenvalue weighted by Gasteiger charge is -2.05.